The van der Waals surface area contributed by atoms with Crippen molar-refractivity contribution in [2.45, 2.75) is 38.8 Å². The maximum absolute atomic E-state index is 6.64. The second-order valence-corrected chi connectivity index (χ2v) is 17.9. The van der Waals surface area contributed by atoms with Gasteiger partial charge in [-0.1, -0.05) is 147 Å². The monoisotopic (exact) mass is 793 g/mol. The Morgan fingerprint density at radius 2 is 0.780 bits per heavy atom. The second-order valence-electron chi connectivity index (χ2n) is 15.8. The van der Waals surface area contributed by atoms with Gasteiger partial charge in [-0.2, -0.15) is 0 Å². The number of benzene rings is 8. The van der Waals surface area contributed by atoms with Gasteiger partial charge >= 0.3 is 0 Å². The standard InChI is InChI=1S/C55H39NOS2/c1-55(2)47-30-23-41(33-45(47)46-34-53-54(35-48(46)55)59-52-16-10-9-15-51(52)58-53)50-32-31-49(57-50)40-21-28-44(29-22-40)56(42-24-17-38(18-25-42)36-11-5-3-6-12-36)43-26-19-39(20-27-43)37-13-7-4-8-14-37/h3-35H,1-2H3. The smallest absolute Gasteiger partial charge is 0.134 e. The summed E-state index contributed by atoms with van der Waals surface area (Å²) >= 11 is 3.77. The lowest BCUT2D eigenvalue weighted by molar-refractivity contribution is 0.597. The average Bonchev–Trinajstić information content (AvgIpc) is 3.87. The van der Waals surface area contributed by atoms with E-state index in [1.54, 1.807) is 0 Å². The zero-order valence-electron chi connectivity index (χ0n) is 32.7. The van der Waals surface area contributed by atoms with Crippen molar-refractivity contribution >= 4 is 40.6 Å². The lowest BCUT2D eigenvalue weighted by Crippen LogP contribution is -2.15. The van der Waals surface area contributed by atoms with Gasteiger partial charge in [0.05, 0.1) is 0 Å². The third-order valence-corrected chi connectivity index (χ3v) is 14.3. The molecule has 0 saturated heterocycles. The van der Waals surface area contributed by atoms with Crippen LogP contribution in [0.2, 0.25) is 0 Å². The average molecular weight is 794 g/mol. The fraction of sp³-hybridized carbons (Fsp3) is 0.0545. The first-order valence-electron chi connectivity index (χ1n) is 20.1. The SMILES string of the molecule is CC1(C)c2ccc(-c3ccc(-c4ccc(N(c5ccc(-c6ccccc6)cc5)c5ccc(-c6ccccc6)cc5)cc4)o3)cc2-c2cc3c(cc21)Sc1ccccc1S3. The Labute approximate surface area is 354 Å². The van der Waals surface area contributed by atoms with Crippen LogP contribution in [0.3, 0.4) is 0 Å². The van der Waals surface area contributed by atoms with E-state index >= 15 is 0 Å². The topological polar surface area (TPSA) is 16.4 Å². The molecule has 1 aliphatic carbocycles. The van der Waals surface area contributed by atoms with Crippen molar-refractivity contribution in [3.63, 3.8) is 0 Å². The number of anilines is 3. The summed E-state index contributed by atoms with van der Waals surface area (Å²) in [6, 6.07) is 72.1. The Hall–Kier alpha value is -6.46. The molecule has 9 aromatic rings. The molecule has 8 aromatic carbocycles. The summed E-state index contributed by atoms with van der Waals surface area (Å²) in [5, 5.41) is 0. The molecule has 282 valence electrons. The van der Waals surface area contributed by atoms with Crippen LogP contribution >= 0.6 is 23.5 Å². The molecule has 0 bridgehead atoms. The van der Waals surface area contributed by atoms with Crippen molar-refractivity contribution in [2.24, 2.45) is 0 Å². The largest absolute Gasteiger partial charge is 0.456 e. The zero-order valence-corrected chi connectivity index (χ0v) is 34.4. The first kappa shape index (κ1) is 35.7. The molecule has 1 aliphatic heterocycles. The summed E-state index contributed by atoms with van der Waals surface area (Å²) in [5.74, 6) is 1.72. The van der Waals surface area contributed by atoms with Gasteiger partial charge in [-0.3, -0.25) is 0 Å². The summed E-state index contributed by atoms with van der Waals surface area (Å²) in [7, 11) is 0. The second kappa shape index (κ2) is 14.4. The molecule has 1 aromatic heterocycles. The van der Waals surface area contributed by atoms with Crippen LogP contribution in [0, 0.1) is 0 Å². The van der Waals surface area contributed by atoms with E-state index in [2.05, 4.69) is 219 Å². The molecule has 4 heteroatoms. The molecule has 0 unspecified atom stereocenters. The summed E-state index contributed by atoms with van der Waals surface area (Å²) in [5.41, 5.74) is 15.5. The molecule has 11 rings (SSSR count). The number of nitrogens with zero attached hydrogens (tertiary/aromatic N) is 1. The van der Waals surface area contributed by atoms with E-state index in [1.165, 1.54) is 64.1 Å². The van der Waals surface area contributed by atoms with Crippen LogP contribution in [0.5, 0.6) is 0 Å². The summed E-state index contributed by atoms with van der Waals surface area (Å²) in [4.78, 5) is 7.66. The summed E-state index contributed by atoms with van der Waals surface area (Å²) in [6.45, 7) is 4.71. The van der Waals surface area contributed by atoms with Crippen molar-refractivity contribution in [3.8, 4) is 56.0 Å². The van der Waals surface area contributed by atoms with Gasteiger partial charge in [0.1, 0.15) is 11.5 Å². The van der Waals surface area contributed by atoms with Gasteiger partial charge in [0, 0.05) is 53.2 Å². The first-order valence-corrected chi connectivity index (χ1v) is 21.7. The van der Waals surface area contributed by atoms with Gasteiger partial charge in [-0.15, -0.1) is 0 Å². The van der Waals surface area contributed by atoms with Crippen molar-refractivity contribution in [1.29, 1.82) is 0 Å². The Bertz CT molecular complexity index is 2900. The molecule has 2 heterocycles. The number of hydrogen-bond donors (Lipinski definition) is 0. The predicted octanol–water partition coefficient (Wildman–Crippen LogP) is 16.3. The highest BCUT2D eigenvalue weighted by Crippen LogP contribution is 2.56. The van der Waals surface area contributed by atoms with Crippen LogP contribution in [-0.2, 0) is 5.41 Å². The van der Waals surface area contributed by atoms with E-state index in [4.69, 9.17) is 4.42 Å². The number of rotatable bonds is 7. The Balaban J connectivity index is 0.900. The van der Waals surface area contributed by atoms with Crippen molar-refractivity contribution in [2.75, 3.05) is 4.90 Å². The fourth-order valence-electron chi connectivity index (χ4n) is 8.66. The lowest BCUT2D eigenvalue weighted by atomic mass is 9.82. The van der Waals surface area contributed by atoms with Gasteiger partial charge in [0.15, 0.2) is 0 Å². The van der Waals surface area contributed by atoms with E-state index in [-0.39, 0.29) is 5.41 Å². The molecule has 0 amide bonds. The van der Waals surface area contributed by atoms with Gasteiger partial charge in [0.25, 0.3) is 0 Å². The zero-order chi connectivity index (χ0) is 39.5. The van der Waals surface area contributed by atoms with Crippen LogP contribution in [-0.4, -0.2) is 0 Å². The molecule has 0 saturated carbocycles. The molecule has 2 aliphatic rings. The van der Waals surface area contributed by atoms with Crippen molar-refractivity contribution in [3.05, 3.63) is 211 Å². The summed E-state index contributed by atoms with van der Waals surface area (Å²) < 4.78 is 6.64. The van der Waals surface area contributed by atoms with E-state index in [9.17, 15) is 0 Å². The number of furan rings is 1. The van der Waals surface area contributed by atoms with Gasteiger partial charge in [-0.05, 0) is 136 Å². The molecule has 0 N–H and O–H groups in total. The van der Waals surface area contributed by atoms with Crippen LogP contribution in [0.15, 0.2) is 224 Å². The fourth-order valence-corrected chi connectivity index (χ4v) is 10.9. The molecular formula is C55H39NOS2. The minimum Gasteiger partial charge on any atom is -0.456 e. The van der Waals surface area contributed by atoms with E-state index < -0.39 is 0 Å². The Kier molecular flexibility index (Phi) is 8.72. The van der Waals surface area contributed by atoms with Gasteiger partial charge in [0.2, 0.25) is 0 Å². The molecule has 0 fully saturated rings. The third kappa shape index (κ3) is 6.40. The highest BCUT2D eigenvalue weighted by Gasteiger charge is 2.37. The molecule has 0 spiro atoms. The molecule has 0 radical (unpaired) electrons. The molecular weight excluding hydrogens is 755 g/mol. The van der Waals surface area contributed by atoms with Crippen LogP contribution in [0.1, 0.15) is 25.0 Å². The first-order chi connectivity index (χ1) is 29.0. The molecule has 0 atom stereocenters. The van der Waals surface area contributed by atoms with Gasteiger partial charge < -0.3 is 9.32 Å². The quantitative estimate of drug-likeness (QED) is 0.160. The lowest BCUT2D eigenvalue weighted by Gasteiger charge is -2.26. The summed E-state index contributed by atoms with van der Waals surface area (Å²) in [6.07, 6.45) is 0. The number of fused-ring (bicyclic) bond motifs is 5. The van der Waals surface area contributed by atoms with Crippen molar-refractivity contribution < 1.29 is 4.42 Å². The van der Waals surface area contributed by atoms with E-state index in [0.717, 1.165) is 39.7 Å². The third-order valence-electron chi connectivity index (χ3n) is 11.8. The normalized spacial score (nSPS) is 13.3. The Morgan fingerprint density at radius 1 is 0.356 bits per heavy atom. The maximum atomic E-state index is 6.64. The van der Waals surface area contributed by atoms with E-state index in [0.29, 0.717) is 0 Å². The van der Waals surface area contributed by atoms with E-state index in [1.807, 2.05) is 23.5 Å². The minimum absolute atomic E-state index is 0.0851. The maximum Gasteiger partial charge on any atom is 0.134 e. The molecule has 59 heavy (non-hydrogen) atoms. The Morgan fingerprint density at radius 3 is 1.32 bits per heavy atom. The number of hydrogen-bond acceptors (Lipinski definition) is 4. The minimum atomic E-state index is -0.0851. The molecule has 2 nitrogen and oxygen atoms in total. The predicted molar refractivity (Wildman–Crippen MR) is 247 cm³/mol. The van der Waals surface area contributed by atoms with Crippen LogP contribution < -0.4 is 4.90 Å². The van der Waals surface area contributed by atoms with Gasteiger partial charge in [-0.25, -0.2) is 0 Å². The van der Waals surface area contributed by atoms with Crippen LogP contribution in [0.4, 0.5) is 17.1 Å². The highest BCUT2D eigenvalue weighted by molar-refractivity contribution is 8.05. The highest BCUT2D eigenvalue weighted by atomic mass is 32.2. The van der Waals surface area contributed by atoms with Crippen LogP contribution in [0.25, 0.3) is 56.0 Å². The van der Waals surface area contributed by atoms with Crippen molar-refractivity contribution in [1.82, 2.24) is 0 Å².